The Labute approximate surface area is 119 Å². The minimum absolute atomic E-state index is 0.334. The van der Waals surface area contributed by atoms with Crippen LogP contribution >= 0.6 is 53.0 Å². The Kier molecular flexibility index (Phi) is 8.19. The molecule has 0 rings (SSSR count). The molecule has 0 saturated heterocycles. The van der Waals surface area contributed by atoms with E-state index in [0.717, 1.165) is 5.71 Å². The normalized spacial score (nSPS) is 14.2. The van der Waals surface area contributed by atoms with Gasteiger partial charge in [0.25, 0.3) is 0 Å². The van der Waals surface area contributed by atoms with Gasteiger partial charge in [0.2, 0.25) is 5.11 Å². The topological polar surface area (TPSA) is 52.8 Å². The molecule has 0 fully saturated rings. The molecule has 0 aliphatic heterocycles. The second-order valence-electron chi connectivity index (χ2n) is 2.80. The number of carbonyl (C=O) groups is 1. The van der Waals surface area contributed by atoms with E-state index in [2.05, 4.69) is 14.6 Å². The minimum atomic E-state index is -5.42. The van der Waals surface area contributed by atoms with Crippen LogP contribution in [0.15, 0.2) is 5.11 Å². The van der Waals surface area contributed by atoms with Crippen molar-refractivity contribution in [2.45, 2.75) is 20.8 Å². The Hall–Kier alpha value is 1.41. The van der Waals surface area contributed by atoms with E-state index in [4.69, 9.17) is 53.0 Å². The van der Waals surface area contributed by atoms with Crippen LogP contribution in [-0.2, 0) is 4.74 Å². The van der Waals surface area contributed by atoms with Crippen molar-refractivity contribution in [1.29, 1.82) is 0 Å². The first-order valence-corrected chi connectivity index (χ1v) is 23.5. The maximum absolute atomic E-state index is 10.5. The number of nitrogens with zero attached hydrogens (tertiary/aromatic N) is 2. The van der Waals surface area contributed by atoms with E-state index in [1.54, 1.807) is 20.8 Å². The predicted octanol–water partition coefficient (Wildman–Crippen LogP) is 5.04. The summed E-state index contributed by atoms with van der Waals surface area (Å²) in [6, 6.07) is 0. The summed E-state index contributed by atoms with van der Waals surface area (Å²) < 4.78 is 4.48. The summed E-state index contributed by atoms with van der Waals surface area (Å²) >= 11 is 0. The quantitative estimate of drug-likeness (QED) is 0.230. The van der Waals surface area contributed by atoms with Crippen molar-refractivity contribution in [3.8, 4) is 0 Å². The summed E-state index contributed by atoms with van der Waals surface area (Å²) in [4.78, 5) is 14.0. The zero-order valence-corrected chi connectivity index (χ0v) is 16.2. The first-order valence-electron chi connectivity index (χ1n) is 4.07. The van der Waals surface area contributed by atoms with Gasteiger partial charge in [-0.05, 0) is 6.92 Å². The zero-order chi connectivity index (χ0) is 14.4. The first kappa shape index (κ1) is 20.7. The number of amides is 1. The van der Waals surface area contributed by atoms with E-state index in [9.17, 15) is 4.79 Å². The molecule has 104 valence electrons. The molecule has 0 atom stereocenters. The van der Waals surface area contributed by atoms with Crippen LogP contribution in [0, 0.1) is 0 Å². The number of ether oxygens (including phenoxy) is 1. The molecular formula is C6H11Cl6N2O2Sb. The molecule has 0 aromatic heterocycles. The average Bonchev–Trinajstić information content (AvgIpc) is 1.95. The molecule has 0 saturated carbocycles. The van der Waals surface area contributed by atoms with Crippen LogP contribution in [0.25, 0.3) is 0 Å². The van der Waals surface area contributed by atoms with Gasteiger partial charge in [0.05, 0.1) is 11.4 Å². The van der Waals surface area contributed by atoms with Crippen LogP contribution in [0.3, 0.4) is 0 Å². The molecule has 17 heavy (non-hydrogen) atoms. The van der Waals surface area contributed by atoms with Gasteiger partial charge in [-0.25, -0.2) is 4.79 Å². The molecule has 0 radical (unpaired) electrons. The number of rotatable bonds is 1. The summed E-state index contributed by atoms with van der Waals surface area (Å²) in [7, 11) is 25.0. The molecule has 0 aromatic carbocycles. The van der Waals surface area contributed by atoms with Crippen molar-refractivity contribution in [3.63, 3.8) is 0 Å². The average molecular weight is 478 g/mol. The van der Waals surface area contributed by atoms with Gasteiger partial charge in [-0.15, -0.1) is 0 Å². The Morgan fingerprint density at radius 3 is 1.76 bits per heavy atom. The van der Waals surface area contributed by atoms with Crippen LogP contribution in [0.2, 0.25) is 0 Å². The van der Waals surface area contributed by atoms with Crippen LogP contribution < -0.4 is 0 Å². The molecule has 0 aliphatic rings. The van der Waals surface area contributed by atoms with Gasteiger partial charge in [0.1, 0.15) is 0 Å². The summed E-state index contributed by atoms with van der Waals surface area (Å²) in [5.74, 6) is 0. The van der Waals surface area contributed by atoms with Crippen molar-refractivity contribution in [1.82, 2.24) is 0 Å². The third kappa shape index (κ3) is 46.7. The fraction of sp³-hybridized carbons (Fsp3) is 0.667. The Balaban J connectivity index is 0. The SMILES string of the molecule is CCOC(=O)N=[N+]=C(C)C.[Cl][Sb-]([Cl])([Cl])([Cl])([Cl])[Cl]. The molecule has 0 spiro atoms. The third-order valence-corrected chi connectivity index (χ3v) is 0.599. The van der Waals surface area contributed by atoms with E-state index in [1.165, 1.54) is 0 Å². The van der Waals surface area contributed by atoms with Crippen molar-refractivity contribution in [3.05, 3.63) is 0 Å². The second kappa shape index (κ2) is 6.72. The number of hydrogen-bond donors (Lipinski definition) is 0. The van der Waals surface area contributed by atoms with E-state index in [-0.39, 0.29) is 0 Å². The molecule has 11 heteroatoms. The molecule has 1 amide bonds. The molecule has 0 unspecified atom stereocenters. The Morgan fingerprint density at radius 1 is 1.18 bits per heavy atom. The van der Waals surface area contributed by atoms with Gasteiger partial charge >= 0.3 is 73.9 Å². The third-order valence-electron chi connectivity index (χ3n) is 0.599. The molecular weight excluding hydrogens is 467 g/mol. The summed E-state index contributed by atoms with van der Waals surface area (Å²) in [6.45, 7) is 5.56. The Bertz CT molecular complexity index is 326. The molecule has 0 aliphatic carbocycles. The van der Waals surface area contributed by atoms with E-state index in [0.29, 0.717) is 6.61 Å². The van der Waals surface area contributed by atoms with Gasteiger partial charge in [-0.1, -0.05) is 0 Å². The van der Waals surface area contributed by atoms with Crippen LogP contribution in [-0.4, -0.2) is 32.3 Å². The molecule has 0 aromatic rings. The number of hydrogen-bond acceptors (Lipinski definition) is 2. The van der Waals surface area contributed by atoms with Crippen LogP contribution in [0.4, 0.5) is 4.79 Å². The molecule has 0 N–H and O–H groups in total. The van der Waals surface area contributed by atoms with E-state index in [1.807, 2.05) is 0 Å². The summed E-state index contributed by atoms with van der Waals surface area (Å²) in [5, 5.41) is 3.24. The van der Waals surface area contributed by atoms with Gasteiger partial charge in [-0.3, -0.25) is 0 Å². The summed E-state index contributed by atoms with van der Waals surface area (Å²) in [6.07, 6.45) is -0.635. The fourth-order valence-electron chi connectivity index (χ4n) is 0.293. The van der Waals surface area contributed by atoms with E-state index >= 15 is 0 Å². The van der Waals surface area contributed by atoms with Crippen molar-refractivity contribution in [2.75, 3.05) is 6.61 Å². The van der Waals surface area contributed by atoms with Crippen LogP contribution in [0.1, 0.15) is 20.8 Å². The van der Waals surface area contributed by atoms with E-state index < -0.39 is 15.2 Å². The van der Waals surface area contributed by atoms with Gasteiger partial charge in [-0.2, -0.15) is 0 Å². The predicted molar refractivity (Wildman–Crippen MR) is 76.9 cm³/mol. The van der Waals surface area contributed by atoms with Gasteiger partial charge in [0, 0.05) is 13.8 Å². The zero-order valence-electron chi connectivity index (χ0n) is 9.13. The van der Waals surface area contributed by atoms with Gasteiger partial charge < -0.3 is 4.74 Å². The molecule has 4 nitrogen and oxygen atoms in total. The maximum atomic E-state index is 10.5. The Morgan fingerprint density at radius 2 is 1.53 bits per heavy atom. The number of halogens is 6. The van der Waals surface area contributed by atoms with Crippen LogP contribution in [0.5, 0.6) is 0 Å². The number of carbonyl (C=O) groups excluding carboxylic acids is 1. The fourth-order valence-corrected chi connectivity index (χ4v) is 0.293. The first-order chi connectivity index (χ1) is 7.11. The monoisotopic (exact) mass is 474 g/mol. The molecule has 0 heterocycles. The standard InChI is InChI=1S/C6H11N2O2.6ClH.Sb/c1-4-10-6(9)8-7-5(2)3;;;;;;;/h4H2,1-3H3;6*1H;/q+1;;;;;;;+5/p-6. The van der Waals surface area contributed by atoms with Gasteiger partial charge in [0.15, 0.2) is 0 Å². The van der Waals surface area contributed by atoms with Crippen molar-refractivity contribution < 1.29 is 14.3 Å². The second-order valence-corrected chi connectivity index (χ2v) is 59.7. The van der Waals surface area contributed by atoms with Crippen molar-refractivity contribution in [2.24, 2.45) is 5.11 Å². The van der Waals surface area contributed by atoms with Crippen molar-refractivity contribution >= 4 is 73.9 Å². The summed E-state index contributed by atoms with van der Waals surface area (Å²) in [5.41, 5.74) is 0.730. The molecule has 0 bridgehead atoms.